The Balaban J connectivity index is 1.42. The maximum atomic E-state index is 13.0. The Bertz CT molecular complexity index is 1520. The summed E-state index contributed by atoms with van der Waals surface area (Å²) in [4.78, 5) is 17.8. The van der Waals surface area contributed by atoms with Gasteiger partial charge >= 0.3 is 0 Å². The van der Waals surface area contributed by atoms with Crippen LogP contribution >= 0.6 is 57.7 Å². The van der Waals surface area contributed by atoms with E-state index in [2.05, 4.69) is 45.4 Å². The summed E-state index contributed by atoms with van der Waals surface area (Å²) in [5.41, 5.74) is 3.17. The zero-order valence-corrected chi connectivity index (χ0v) is 21.5. The van der Waals surface area contributed by atoms with Crippen LogP contribution in [0.2, 0.25) is 5.02 Å². The van der Waals surface area contributed by atoms with Crippen LogP contribution < -0.4 is 10.6 Å². The van der Waals surface area contributed by atoms with E-state index in [9.17, 15) is 4.79 Å². The van der Waals surface area contributed by atoms with Crippen LogP contribution in [-0.2, 0) is 0 Å². The molecule has 0 saturated heterocycles. The minimum absolute atomic E-state index is 0.211. The Morgan fingerprint density at radius 1 is 0.970 bits per heavy atom. The van der Waals surface area contributed by atoms with Crippen LogP contribution in [0.5, 0.6) is 0 Å². The summed E-state index contributed by atoms with van der Waals surface area (Å²) in [5.74, 6) is -0.299. The maximum Gasteiger partial charge on any atom is 0.258 e. The third-order valence-corrected chi connectivity index (χ3v) is 7.37. The van der Waals surface area contributed by atoms with Crippen molar-refractivity contribution < 1.29 is 4.79 Å². The zero-order valence-electron chi connectivity index (χ0n) is 16.9. The van der Waals surface area contributed by atoms with Crippen molar-refractivity contribution in [1.82, 2.24) is 10.3 Å². The third-order valence-electron chi connectivity index (χ3n) is 5.09. The van der Waals surface area contributed by atoms with Crippen molar-refractivity contribution in [2.45, 2.75) is 0 Å². The predicted molar refractivity (Wildman–Crippen MR) is 150 cm³/mol. The van der Waals surface area contributed by atoms with Crippen molar-refractivity contribution in [2.24, 2.45) is 0 Å². The fourth-order valence-corrected chi connectivity index (χ4v) is 5.51. The van der Waals surface area contributed by atoms with E-state index in [4.69, 9.17) is 28.8 Å². The highest BCUT2D eigenvalue weighted by atomic mass is 127. The lowest BCUT2D eigenvalue weighted by molar-refractivity contribution is 0.0979. The van der Waals surface area contributed by atoms with Gasteiger partial charge in [0.25, 0.3) is 5.91 Å². The molecule has 0 radical (unpaired) electrons. The number of hydrogen-bond acceptors (Lipinski definition) is 4. The van der Waals surface area contributed by atoms with Crippen LogP contribution in [0.1, 0.15) is 10.4 Å². The van der Waals surface area contributed by atoms with E-state index in [1.54, 1.807) is 23.5 Å². The summed E-state index contributed by atoms with van der Waals surface area (Å²) in [6.07, 6.45) is 0. The fraction of sp³-hybridized carbons (Fsp3) is 0. The molecule has 0 unspecified atom stereocenters. The van der Waals surface area contributed by atoms with E-state index in [0.29, 0.717) is 10.6 Å². The molecule has 0 aliphatic heterocycles. The van der Waals surface area contributed by atoms with Gasteiger partial charge in [-0.2, -0.15) is 0 Å². The second-order valence-electron chi connectivity index (χ2n) is 7.23. The number of aromatic nitrogens is 1. The normalized spacial score (nSPS) is 11.0. The SMILES string of the molecule is O=C(NC(=S)Nc1ccc(I)cc1-c1nc2ccccc2s1)c1cccc2c(Cl)cccc12. The van der Waals surface area contributed by atoms with E-state index in [1.165, 1.54) is 0 Å². The molecule has 1 heterocycles. The first-order chi connectivity index (χ1) is 16.0. The molecular formula is C25H15ClIN3OS2. The van der Waals surface area contributed by atoms with E-state index < -0.39 is 0 Å². The summed E-state index contributed by atoms with van der Waals surface area (Å²) in [6, 6.07) is 25.0. The van der Waals surface area contributed by atoms with Gasteiger partial charge in [-0.3, -0.25) is 10.1 Å². The number of benzene rings is 4. The lowest BCUT2D eigenvalue weighted by atomic mass is 10.0. The predicted octanol–water partition coefficient (Wildman–Crippen LogP) is 7.50. The highest BCUT2D eigenvalue weighted by Gasteiger charge is 2.15. The standard InChI is InChI=1S/C25H15ClIN3OS2/c26-19-8-4-5-15-16(19)6-3-7-17(15)23(31)30-25(32)29-20-12-11-14(27)13-18(20)24-28-21-9-1-2-10-22(21)33-24/h1-13H,(H2,29,30,31,32). The number of hydrogen-bond donors (Lipinski definition) is 2. The van der Waals surface area contributed by atoms with Crippen molar-refractivity contribution in [3.63, 3.8) is 0 Å². The van der Waals surface area contributed by atoms with Gasteiger partial charge in [-0.15, -0.1) is 11.3 Å². The number of fused-ring (bicyclic) bond motifs is 2. The number of amides is 1. The maximum absolute atomic E-state index is 13.0. The molecule has 0 atom stereocenters. The first-order valence-electron chi connectivity index (χ1n) is 9.95. The number of nitrogens with zero attached hydrogens (tertiary/aromatic N) is 1. The van der Waals surface area contributed by atoms with Crippen LogP contribution in [0, 0.1) is 3.57 Å². The van der Waals surface area contributed by atoms with Gasteiger partial charge in [0.2, 0.25) is 0 Å². The first-order valence-corrected chi connectivity index (χ1v) is 12.6. The number of thiocarbonyl (C=S) groups is 1. The molecule has 5 rings (SSSR count). The second-order valence-corrected chi connectivity index (χ2v) is 10.3. The Morgan fingerprint density at radius 3 is 2.61 bits per heavy atom. The number of anilines is 1. The summed E-state index contributed by atoms with van der Waals surface area (Å²) in [5, 5.41) is 9.26. The van der Waals surface area contributed by atoms with Gasteiger partial charge < -0.3 is 5.32 Å². The van der Waals surface area contributed by atoms with Gasteiger partial charge in [-0.1, -0.05) is 48.0 Å². The summed E-state index contributed by atoms with van der Waals surface area (Å²) in [7, 11) is 0. The average molecular weight is 600 g/mol. The molecule has 0 aliphatic rings. The molecule has 1 aromatic heterocycles. The molecule has 0 aliphatic carbocycles. The molecular weight excluding hydrogens is 585 g/mol. The van der Waals surface area contributed by atoms with Crippen LogP contribution in [0.4, 0.5) is 5.69 Å². The monoisotopic (exact) mass is 599 g/mol. The Morgan fingerprint density at radius 2 is 1.76 bits per heavy atom. The van der Waals surface area contributed by atoms with Crippen LogP contribution in [-0.4, -0.2) is 16.0 Å². The van der Waals surface area contributed by atoms with E-state index in [0.717, 1.165) is 40.8 Å². The largest absolute Gasteiger partial charge is 0.332 e. The van der Waals surface area contributed by atoms with Crippen molar-refractivity contribution in [1.29, 1.82) is 0 Å². The first kappa shape index (κ1) is 22.2. The molecule has 4 nitrogen and oxygen atoms in total. The molecule has 1 amide bonds. The van der Waals surface area contributed by atoms with Crippen molar-refractivity contribution >= 4 is 95.4 Å². The molecule has 5 aromatic rings. The molecule has 0 bridgehead atoms. The summed E-state index contributed by atoms with van der Waals surface area (Å²) < 4.78 is 2.19. The highest BCUT2D eigenvalue weighted by molar-refractivity contribution is 14.1. The minimum atomic E-state index is -0.299. The van der Waals surface area contributed by atoms with Gasteiger partial charge in [0.15, 0.2) is 5.11 Å². The number of thiazole rings is 1. The van der Waals surface area contributed by atoms with Gasteiger partial charge in [-0.05, 0) is 82.7 Å². The van der Waals surface area contributed by atoms with E-state index in [1.807, 2.05) is 54.6 Å². The minimum Gasteiger partial charge on any atom is -0.332 e. The number of carbonyl (C=O) groups excluding carboxylic acids is 1. The van der Waals surface area contributed by atoms with Crippen LogP contribution in [0.25, 0.3) is 31.6 Å². The Labute approximate surface area is 218 Å². The Hall–Kier alpha value is -2.59. The molecule has 0 spiro atoms. The van der Waals surface area contributed by atoms with Gasteiger partial charge in [0.1, 0.15) is 5.01 Å². The average Bonchev–Trinajstić information content (AvgIpc) is 3.24. The number of para-hydroxylation sites is 1. The fourth-order valence-electron chi connectivity index (χ4n) is 3.58. The number of carbonyl (C=O) groups is 1. The van der Waals surface area contributed by atoms with Crippen molar-refractivity contribution in [3.8, 4) is 10.6 Å². The number of halogens is 2. The number of rotatable bonds is 3. The molecule has 33 heavy (non-hydrogen) atoms. The van der Waals surface area contributed by atoms with E-state index in [-0.39, 0.29) is 11.0 Å². The summed E-state index contributed by atoms with van der Waals surface area (Å²) in [6.45, 7) is 0. The lowest BCUT2D eigenvalue weighted by Gasteiger charge is -2.14. The highest BCUT2D eigenvalue weighted by Crippen LogP contribution is 2.35. The Kier molecular flexibility index (Phi) is 6.29. The molecule has 0 fully saturated rings. The third kappa shape index (κ3) is 4.59. The zero-order chi connectivity index (χ0) is 22.9. The van der Waals surface area contributed by atoms with Gasteiger partial charge in [0.05, 0.1) is 15.9 Å². The van der Waals surface area contributed by atoms with Crippen LogP contribution in [0.3, 0.4) is 0 Å². The molecule has 0 saturated carbocycles. The van der Waals surface area contributed by atoms with Gasteiger partial charge in [-0.25, -0.2) is 4.98 Å². The van der Waals surface area contributed by atoms with Crippen LogP contribution in [0.15, 0.2) is 78.9 Å². The number of nitrogens with one attached hydrogen (secondary N) is 2. The van der Waals surface area contributed by atoms with Crippen molar-refractivity contribution in [2.75, 3.05) is 5.32 Å². The van der Waals surface area contributed by atoms with E-state index >= 15 is 0 Å². The molecule has 162 valence electrons. The van der Waals surface area contributed by atoms with Gasteiger partial charge in [0, 0.05) is 25.1 Å². The molecule has 2 N–H and O–H groups in total. The van der Waals surface area contributed by atoms with Crippen molar-refractivity contribution in [3.05, 3.63) is 93.0 Å². The second kappa shape index (κ2) is 9.34. The smallest absolute Gasteiger partial charge is 0.258 e. The topological polar surface area (TPSA) is 54.0 Å². The summed E-state index contributed by atoms with van der Waals surface area (Å²) >= 11 is 15.7. The quantitative estimate of drug-likeness (QED) is 0.167. The molecule has 8 heteroatoms. The lowest BCUT2D eigenvalue weighted by Crippen LogP contribution is -2.34. The molecule has 4 aromatic carbocycles.